The maximum Gasteiger partial charge on any atom is 0.308 e. The molecule has 2 aromatic rings. The van der Waals surface area contributed by atoms with E-state index < -0.39 is 12.0 Å². The minimum Gasteiger partial charge on any atom is -0.492 e. The molecule has 11 heteroatoms. The van der Waals surface area contributed by atoms with Crippen LogP contribution in [0.1, 0.15) is 24.8 Å². The van der Waals surface area contributed by atoms with Gasteiger partial charge < -0.3 is 25.0 Å². The lowest BCUT2D eigenvalue weighted by Crippen LogP contribution is -2.60. The van der Waals surface area contributed by atoms with Gasteiger partial charge in [-0.2, -0.15) is 0 Å². The quantitative estimate of drug-likeness (QED) is 0.265. The Bertz CT molecular complexity index is 1090. The van der Waals surface area contributed by atoms with Gasteiger partial charge in [-0.1, -0.05) is 53.5 Å². The summed E-state index contributed by atoms with van der Waals surface area (Å²) in [6.45, 7) is 1.20. The number of carbonyl (C=O) groups excluding carboxylic acids is 3. The second kappa shape index (κ2) is 14.0. The second-order valence-electron chi connectivity index (χ2n) is 8.04. The van der Waals surface area contributed by atoms with E-state index in [2.05, 4.69) is 10.6 Å². The molecule has 36 heavy (non-hydrogen) atoms. The van der Waals surface area contributed by atoms with Crippen LogP contribution < -0.4 is 15.4 Å². The summed E-state index contributed by atoms with van der Waals surface area (Å²) in [5.74, 6) is -0.688. The molecule has 1 fully saturated rings. The van der Waals surface area contributed by atoms with Gasteiger partial charge in [0.2, 0.25) is 11.8 Å². The zero-order chi connectivity index (χ0) is 25.9. The third-order valence-corrected chi connectivity index (χ3v) is 6.26. The molecule has 0 aromatic heterocycles. The lowest BCUT2D eigenvalue weighted by molar-refractivity contribution is -0.147. The Morgan fingerprint density at radius 1 is 1.14 bits per heavy atom. The molecular formula is C25H27Cl2N3O5S. The molecule has 0 radical (unpaired) electrons. The molecule has 1 heterocycles. The minimum atomic E-state index is -0.855. The van der Waals surface area contributed by atoms with E-state index in [1.54, 1.807) is 23.1 Å². The first-order chi connectivity index (χ1) is 17.3. The fraction of sp³-hybridized carbons (Fsp3) is 0.360. The van der Waals surface area contributed by atoms with Crippen molar-refractivity contribution in [3.63, 3.8) is 0 Å². The maximum absolute atomic E-state index is 12.5. The number of rotatable bonds is 10. The number of halogens is 2. The fourth-order valence-electron chi connectivity index (χ4n) is 3.57. The van der Waals surface area contributed by atoms with Crippen molar-refractivity contribution in [3.05, 3.63) is 64.1 Å². The van der Waals surface area contributed by atoms with Crippen LogP contribution in [-0.4, -0.2) is 60.1 Å². The van der Waals surface area contributed by atoms with Crippen LogP contribution in [-0.2, 0) is 25.5 Å². The number of hydrogen-bond donors (Lipinski definition) is 2. The van der Waals surface area contributed by atoms with E-state index in [-0.39, 0.29) is 43.0 Å². The summed E-state index contributed by atoms with van der Waals surface area (Å²) in [5.41, 5.74) is 1.05. The molecule has 192 valence electrons. The third-order valence-electron chi connectivity index (χ3n) is 5.39. The van der Waals surface area contributed by atoms with Crippen LogP contribution in [0.15, 0.2) is 48.5 Å². The van der Waals surface area contributed by atoms with Gasteiger partial charge >= 0.3 is 5.97 Å². The Labute approximate surface area is 225 Å². The first-order valence-corrected chi connectivity index (χ1v) is 12.7. The van der Waals surface area contributed by atoms with Gasteiger partial charge in [0.05, 0.1) is 24.7 Å². The number of thiocarbonyl (C=S) groups is 1. The summed E-state index contributed by atoms with van der Waals surface area (Å²) in [6.07, 6.45) is 0.977. The van der Waals surface area contributed by atoms with E-state index >= 15 is 0 Å². The van der Waals surface area contributed by atoms with Crippen molar-refractivity contribution in [3.8, 4) is 5.75 Å². The number of nitrogens with one attached hydrogen (secondary N) is 2. The van der Waals surface area contributed by atoms with Gasteiger partial charge in [0.15, 0.2) is 5.11 Å². The number of carbonyl (C=O) groups is 3. The van der Waals surface area contributed by atoms with Gasteiger partial charge in [-0.25, -0.2) is 0 Å². The highest BCUT2D eigenvalue weighted by Crippen LogP contribution is 2.27. The molecule has 1 saturated heterocycles. The predicted octanol–water partition coefficient (Wildman–Crippen LogP) is 3.53. The summed E-state index contributed by atoms with van der Waals surface area (Å²) in [6, 6.07) is 13.7. The van der Waals surface area contributed by atoms with E-state index in [9.17, 15) is 14.4 Å². The number of ether oxygens (including phenoxy) is 2. The molecule has 8 nitrogen and oxygen atoms in total. The highest BCUT2D eigenvalue weighted by Gasteiger charge is 2.34. The second-order valence-corrected chi connectivity index (χ2v) is 9.27. The molecule has 1 atom stereocenters. The van der Waals surface area contributed by atoms with Gasteiger partial charge in [-0.15, -0.1) is 0 Å². The number of esters is 1. The number of nitrogens with zero attached hydrogens (tertiary/aromatic N) is 1. The lowest BCUT2D eigenvalue weighted by Gasteiger charge is -2.36. The third kappa shape index (κ3) is 8.65. The molecule has 1 unspecified atom stereocenters. The highest BCUT2D eigenvalue weighted by molar-refractivity contribution is 7.80. The number of amides is 2. The van der Waals surface area contributed by atoms with Crippen molar-refractivity contribution in [2.45, 2.75) is 31.7 Å². The van der Waals surface area contributed by atoms with E-state index in [0.29, 0.717) is 41.7 Å². The van der Waals surface area contributed by atoms with Crippen LogP contribution in [0.3, 0.4) is 0 Å². The Morgan fingerprint density at radius 2 is 1.92 bits per heavy atom. The first kappa shape index (κ1) is 27.7. The van der Waals surface area contributed by atoms with Crippen molar-refractivity contribution in [1.29, 1.82) is 0 Å². The monoisotopic (exact) mass is 551 g/mol. The van der Waals surface area contributed by atoms with Crippen LogP contribution in [0, 0.1) is 0 Å². The van der Waals surface area contributed by atoms with Gasteiger partial charge in [0.1, 0.15) is 11.8 Å². The van der Waals surface area contributed by atoms with Crippen molar-refractivity contribution < 1.29 is 23.9 Å². The average Bonchev–Trinajstić information content (AvgIpc) is 2.84. The molecule has 0 saturated carbocycles. The Hall–Kier alpha value is -2.88. The molecule has 3 rings (SSSR count). The Balaban J connectivity index is 1.42. The first-order valence-electron chi connectivity index (χ1n) is 11.5. The molecule has 2 aromatic carbocycles. The fourth-order valence-corrected chi connectivity index (χ4v) is 4.36. The molecule has 0 aliphatic carbocycles. The van der Waals surface area contributed by atoms with E-state index in [1.807, 2.05) is 30.3 Å². The van der Waals surface area contributed by atoms with E-state index in [1.165, 1.54) is 0 Å². The topological polar surface area (TPSA) is 97.0 Å². The minimum absolute atomic E-state index is 0.0959. The average molecular weight is 552 g/mol. The summed E-state index contributed by atoms with van der Waals surface area (Å²) >= 11 is 17.3. The number of benzene rings is 2. The standard InChI is InChI=1S/C25H27Cl2N3O5S/c26-18-8-9-21(19(27)15-18)34-13-4-7-22(31)29-25(36)30-12-11-28-24(33)20(30)16-23(32)35-14-10-17-5-2-1-3-6-17/h1-3,5-6,8-9,15,20H,4,7,10-14,16H2,(H,28,33)(H,29,31,36). The van der Waals surface area contributed by atoms with Gasteiger partial charge in [0.25, 0.3) is 0 Å². The highest BCUT2D eigenvalue weighted by atomic mass is 35.5. The Kier molecular flexibility index (Phi) is 10.8. The van der Waals surface area contributed by atoms with Crippen LogP contribution in [0.25, 0.3) is 0 Å². The molecule has 2 amide bonds. The SMILES string of the molecule is O=C(CCCOc1ccc(Cl)cc1Cl)NC(=S)N1CCNC(=O)C1CC(=O)OCCc1ccccc1. The lowest BCUT2D eigenvalue weighted by atomic mass is 10.1. The van der Waals surface area contributed by atoms with Crippen LogP contribution >= 0.6 is 35.4 Å². The van der Waals surface area contributed by atoms with Gasteiger partial charge in [-0.3, -0.25) is 14.4 Å². The molecular weight excluding hydrogens is 525 g/mol. The summed E-state index contributed by atoms with van der Waals surface area (Å²) in [4.78, 5) is 38.8. The van der Waals surface area contributed by atoms with E-state index in [4.69, 9.17) is 44.9 Å². The zero-order valence-corrected chi connectivity index (χ0v) is 21.8. The maximum atomic E-state index is 12.5. The van der Waals surface area contributed by atoms with Crippen LogP contribution in [0.5, 0.6) is 5.75 Å². The molecule has 2 N–H and O–H groups in total. The molecule has 1 aliphatic heterocycles. The van der Waals surface area contributed by atoms with Crippen molar-refractivity contribution in [2.24, 2.45) is 0 Å². The largest absolute Gasteiger partial charge is 0.492 e. The predicted molar refractivity (Wildman–Crippen MR) is 141 cm³/mol. The summed E-state index contributed by atoms with van der Waals surface area (Å²) < 4.78 is 10.9. The normalized spacial score (nSPS) is 15.1. The van der Waals surface area contributed by atoms with Gasteiger partial charge in [-0.05, 0) is 42.4 Å². The van der Waals surface area contributed by atoms with Crippen molar-refractivity contribution in [2.75, 3.05) is 26.3 Å². The van der Waals surface area contributed by atoms with E-state index in [0.717, 1.165) is 5.56 Å². The van der Waals surface area contributed by atoms with Crippen molar-refractivity contribution >= 4 is 58.3 Å². The molecule has 0 spiro atoms. The summed E-state index contributed by atoms with van der Waals surface area (Å²) in [5, 5.41) is 6.36. The van der Waals surface area contributed by atoms with Crippen LogP contribution in [0.4, 0.5) is 0 Å². The zero-order valence-electron chi connectivity index (χ0n) is 19.5. The van der Waals surface area contributed by atoms with Crippen molar-refractivity contribution in [1.82, 2.24) is 15.5 Å². The molecule has 1 aliphatic rings. The molecule has 0 bridgehead atoms. The number of piperazine rings is 1. The van der Waals surface area contributed by atoms with Crippen LogP contribution in [0.2, 0.25) is 10.0 Å². The van der Waals surface area contributed by atoms with Gasteiger partial charge in [0, 0.05) is 31.0 Å². The Morgan fingerprint density at radius 3 is 2.67 bits per heavy atom. The smallest absolute Gasteiger partial charge is 0.308 e. The summed E-state index contributed by atoms with van der Waals surface area (Å²) in [7, 11) is 0. The number of hydrogen-bond acceptors (Lipinski definition) is 6.